The largest absolute Gasteiger partial charge is 0.410 e. The Morgan fingerprint density at radius 2 is 1.90 bits per heavy atom. The third-order valence-electron chi connectivity index (χ3n) is 3.69. The van der Waals surface area contributed by atoms with Crippen LogP contribution in [0.15, 0.2) is 11.1 Å². The Balaban J connectivity index is 2.41. The van der Waals surface area contributed by atoms with Crippen molar-refractivity contribution in [3.63, 3.8) is 0 Å². The van der Waals surface area contributed by atoms with Crippen LogP contribution in [-0.2, 0) is 10.0 Å². The first-order valence-electron chi connectivity index (χ1n) is 6.44. The van der Waals surface area contributed by atoms with E-state index in [0.717, 1.165) is 19.3 Å². The van der Waals surface area contributed by atoms with E-state index in [0.29, 0.717) is 11.8 Å². The van der Waals surface area contributed by atoms with Gasteiger partial charge in [-0.1, -0.05) is 13.8 Å². The second-order valence-corrected chi connectivity index (χ2v) is 7.20. The van der Waals surface area contributed by atoms with Gasteiger partial charge in [0.05, 0.1) is 17.3 Å². The summed E-state index contributed by atoms with van der Waals surface area (Å²) in [5.74, 6) is 0.258. The van der Waals surface area contributed by atoms with Crippen molar-refractivity contribution >= 4 is 15.8 Å². The fourth-order valence-corrected chi connectivity index (χ4v) is 3.62. The Bertz CT molecular complexity index is 614. The van der Waals surface area contributed by atoms with Crippen LogP contribution in [-0.4, -0.2) is 23.1 Å². The molecule has 2 unspecified atom stereocenters. The average Bonchev–Trinajstić information content (AvgIpc) is 2.71. The Morgan fingerprint density at radius 3 is 2.30 bits per heavy atom. The fourth-order valence-electron chi connectivity index (χ4n) is 3.00. The standard InChI is InChI=1S/C11H18N4O4S/c1-7-3-8(2)5-9(4-7)14-6-10(20(12,18)19)11(13-14)15(16)17/h6-9H,3-5H2,1-2H3,(H2,12,18,19). The summed E-state index contributed by atoms with van der Waals surface area (Å²) >= 11 is 0. The van der Waals surface area contributed by atoms with Gasteiger partial charge in [-0.15, -0.1) is 0 Å². The van der Waals surface area contributed by atoms with Gasteiger partial charge in [-0.3, -0.25) is 0 Å². The third-order valence-corrected chi connectivity index (χ3v) is 4.59. The summed E-state index contributed by atoms with van der Waals surface area (Å²) in [7, 11) is -4.15. The molecule has 1 aromatic heterocycles. The normalized spacial score (nSPS) is 27.4. The van der Waals surface area contributed by atoms with E-state index in [-0.39, 0.29) is 6.04 Å². The topological polar surface area (TPSA) is 121 Å². The minimum absolute atomic E-state index is 0.0250. The molecule has 0 aliphatic heterocycles. The van der Waals surface area contributed by atoms with Crippen molar-refractivity contribution in [3.05, 3.63) is 16.3 Å². The summed E-state index contributed by atoms with van der Waals surface area (Å²) in [4.78, 5) is 9.57. The summed E-state index contributed by atoms with van der Waals surface area (Å²) in [6.45, 7) is 4.22. The number of nitro groups is 1. The zero-order valence-electron chi connectivity index (χ0n) is 11.4. The first-order chi connectivity index (χ1) is 9.18. The third kappa shape index (κ3) is 2.98. The van der Waals surface area contributed by atoms with Crippen LogP contribution < -0.4 is 5.14 Å². The van der Waals surface area contributed by atoms with E-state index in [1.165, 1.54) is 10.9 Å². The minimum atomic E-state index is -4.15. The molecular weight excluding hydrogens is 284 g/mol. The maximum atomic E-state index is 11.4. The van der Waals surface area contributed by atoms with Crippen LogP contribution in [0.25, 0.3) is 0 Å². The van der Waals surface area contributed by atoms with E-state index < -0.39 is 25.7 Å². The smallest absolute Gasteiger partial charge is 0.358 e. The molecule has 2 rings (SSSR count). The van der Waals surface area contributed by atoms with Crippen molar-refractivity contribution in [2.24, 2.45) is 17.0 Å². The number of hydrogen-bond donors (Lipinski definition) is 1. The number of primary sulfonamides is 1. The summed E-state index contributed by atoms with van der Waals surface area (Å²) in [5.41, 5.74) is 0. The molecule has 0 spiro atoms. The summed E-state index contributed by atoms with van der Waals surface area (Å²) < 4.78 is 24.2. The van der Waals surface area contributed by atoms with Crippen molar-refractivity contribution in [1.82, 2.24) is 9.78 Å². The second-order valence-electron chi connectivity index (χ2n) is 5.67. The SMILES string of the molecule is CC1CC(C)CC(n2cc(S(N)(=O)=O)c([N+](=O)[O-])n2)C1. The van der Waals surface area contributed by atoms with Crippen LogP contribution in [0.1, 0.15) is 39.2 Å². The monoisotopic (exact) mass is 302 g/mol. The lowest BCUT2D eigenvalue weighted by Gasteiger charge is -2.29. The predicted octanol–water partition coefficient (Wildman–Crippen LogP) is 1.44. The first-order valence-corrected chi connectivity index (χ1v) is 7.99. The molecule has 112 valence electrons. The van der Waals surface area contributed by atoms with Gasteiger partial charge in [-0.2, -0.15) is 4.68 Å². The number of nitrogens with zero attached hydrogens (tertiary/aromatic N) is 3. The van der Waals surface area contributed by atoms with E-state index >= 15 is 0 Å². The Morgan fingerprint density at radius 1 is 1.35 bits per heavy atom. The highest BCUT2D eigenvalue weighted by Gasteiger charge is 2.33. The van der Waals surface area contributed by atoms with Crippen LogP contribution in [0.5, 0.6) is 0 Å². The van der Waals surface area contributed by atoms with E-state index in [1.807, 2.05) is 0 Å². The molecule has 0 bridgehead atoms. The van der Waals surface area contributed by atoms with Crippen molar-refractivity contribution in [2.45, 2.75) is 44.0 Å². The van der Waals surface area contributed by atoms with Gasteiger partial charge in [0.25, 0.3) is 0 Å². The number of hydrogen-bond acceptors (Lipinski definition) is 5. The van der Waals surface area contributed by atoms with Gasteiger partial charge in [0, 0.05) is 0 Å². The number of aromatic nitrogens is 2. The van der Waals surface area contributed by atoms with Gasteiger partial charge in [0.1, 0.15) is 0 Å². The van der Waals surface area contributed by atoms with Crippen molar-refractivity contribution in [1.29, 1.82) is 0 Å². The Labute approximate surface area is 117 Å². The van der Waals surface area contributed by atoms with Crippen molar-refractivity contribution in [3.8, 4) is 0 Å². The van der Waals surface area contributed by atoms with Crippen LogP contribution in [0.2, 0.25) is 0 Å². The maximum absolute atomic E-state index is 11.4. The quantitative estimate of drug-likeness (QED) is 0.668. The van der Waals surface area contributed by atoms with Gasteiger partial charge in [-0.05, 0) is 36.0 Å². The fraction of sp³-hybridized carbons (Fsp3) is 0.727. The molecule has 9 heteroatoms. The van der Waals surface area contributed by atoms with Gasteiger partial charge < -0.3 is 10.1 Å². The van der Waals surface area contributed by atoms with E-state index in [1.54, 1.807) is 0 Å². The lowest BCUT2D eigenvalue weighted by molar-refractivity contribution is -0.392. The zero-order chi connectivity index (χ0) is 15.1. The summed E-state index contributed by atoms with van der Waals surface area (Å²) in [6.07, 6.45) is 3.94. The van der Waals surface area contributed by atoms with E-state index in [9.17, 15) is 18.5 Å². The molecule has 0 radical (unpaired) electrons. The van der Waals surface area contributed by atoms with E-state index in [4.69, 9.17) is 5.14 Å². The summed E-state index contributed by atoms with van der Waals surface area (Å²) in [6, 6.07) is -0.0250. The van der Waals surface area contributed by atoms with Gasteiger partial charge in [-0.25, -0.2) is 13.6 Å². The first kappa shape index (κ1) is 14.9. The van der Waals surface area contributed by atoms with Crippen LogP contribution in [0, 0.1) is 22.0 Å². The molecule has 1 aromatic rings. The predicted molar refractivity (Wildman–Crippen MR) is 71.5 cm³/mol. The molecule has 1 aliphatic carbocycles. The van der Waals surface area contributed by atoms with Gasteiger partial charge >= 0.3 is 5.82 Å². The van der Waals surface area contributed by atoms with Crippen LogP contribution in [0.3, 0.4) is 0 Å². The van der Waals surface area contributed by atoms with Crippen molar-refractivity contribution < 1.29 is 13.3 Å². The highest BCUT2D eigenvalue weighted by molar-refractivity contribution is 7.89. The number of rotatable bonds is 3. The molecule has 0 aromatic carbocycles. The Hall–Kier alpha value is -1.48. The highest BCUT2D eigenvalue weighted by Crippen LogP contribution is 2.36. The Kier molecular flexibility index (Phi) is 3.83. The zero-order valence-corrected chi connectivity index (χ0v) is 12.2. The highest BCUT2D eigenvalue weighted by atomic mass is 32.2. The molecule has 1 fully saturated rings. The average molecular weight is 302 g/mol. The minimum Gasteiger partial charge on any atom is -0.358 e. The van der Waals surface area contributed by atoms with E-state index in [2.05, 4.69) is 18.9 Å². The second kappa shape index (κ2) is 5.13. The molecule has 20 heavy (non-hydrogen) atoms. The molecule has 2 atom stereocenters. The van der Waals surface area contributed by atoms with Crippen molar-refractivity contribution in [2.75, 3.05) is 0 Å². The molecule has 8 nitrogen and oxygen atoms in total. The molecule has 1 saturated carbocycles. The molecule has 1 aliphatic rings. The summed E-state index contributed by atoms with van der Waals surface area (Å²) in [5, 5.41) is 19.7. The lowest BCUT2D eigenvalue weighted by atomic mass is 9.80. The molecule has 2 N–H and O–H groups in total. The van der Waals surface area contributed by atoms with Gasteiger partial charge in [0.15, 0.2) is 0 Å². The number of sulfonamides is 1. The molecule has 1 heterocycles. The lowest BCUT2D eigenvalue weighted by Crippen LogP contribution is -2.23. The van der Waals surface area contributed by atoms with Crippen LogP contribution >= 0.6 is 0 Å². The molecule has 0 saturated heterocycles. The maximum Gasteiger partial charge on any atom is 0.410 e. The molecular formula is C11H18N4O4S. The van der Waals surface area contributed by atoms with Crippen LogP contribution in [0.4, 0.5) is 5.82 Å². The number of nitrogens with two attached hydrogens (primary N) is 1. The molecule has 0 amide bonds. The van der Waals surface area contributed by atoms with Gasteiger partial charge in [0.2, 0.25) is 14.9 Å².